The first-order valence-electron chi connectivity index (χ1n) is 6.92. The van der Waals surface area contributed by atoms with Crippen LogP contribution in [0.5, 0.6) is 0 Å². The number of aromatic nitrogens is 2. The molecule has 1 aliphatic heterocycles. The molecular weight excluding hydrogens is 238 g/mol. The van der Waals surface area contributed by atoms with Gasteiger partial charge in [-0.2, -0.15) is 0 Å². The molecule has 0 aliphatic carbocycles. The van der Waals surface area contributed by atoms with Crippen LogP contribution in [0.25, 0.3) is 5.65 Å². The van der Waals surface area contributed by atoms with Crippen LogP contribution in [0.3, 0.4) is 0 Å². The number of fused-ring (bicyclic) bond motifs is 1. The largest absolute Gasteiger partial charge is 0.369 e. The standard InChI is InChI=1S/C14H21N5/c1-11-7-13(18-5-2-3-16-4-6-18)10-19-9-12(8-15)17-14(11)19/h7,9-10,16H,2-6,8,15H2,1H3. The molecule has 0 unspecified atom stereocenters. The van der Waals surface area contributed by atoms with Crippen molar-refractivity contribution < 1.29 is 0 Å². The summed E-state index contributed by atoms with van der Waals surface area (Å²) in [6, 6.07) is 2.23. The van der Waals surface area contributed by atoms with Crippen LogP contribution in [-0.4, -0.2) is 35.6 Å². The van der Waals surface area contributed by atoms with E-state index >= 15 is 0 Å². The molecule has 0 aromatic carbocycles. The van der Waals surface area contributed by atoms with E-state index < -0.39 is 0 Å². The van der Waals surface area contributed by atoms with Gasteiger partial charge >= 0.3 is 0 Å². The van der Waals surface area contributed by atoms with Gasteiger partial charge in [0, 0.05) is 38.6 Å². The molecule has 2 aromatic rings. The predicted molar refractivity (Wildman–Crippen MR) is 77.5 cm³/mol. The fourth-order valence-electron chi connectivity index (χ4n) is 2.68. The Morgan fingerprint density at radius 2 is 2.21 bits per heavy atom. The van der Waals surface area contributed by atoms with Gasteiger partial charge in [0.05, 0.1) is 11.4 Å². The van der Waals surface area contributed by atoms with Crippen molar-refractivity contribution in [2.75, 3.05) is 31.1 Å². The first-order chi connectivity index (χ1) is 9.28. The number of nitrogens with zero attached hydrogens (tertiary/aromatic N) is 3. The number of hydrogen-bond acceptors (Lipinski definition) is 4. The Morgan fingerprint density at radius 3 is 3.05 bits per heavy atom. The Labute approximate surface area is 113 Å². The van der Waals surface area contributed by atoms with E-state index in [0.717, 1.165) is 37.5 Å². The summed E-state index contributed by atoms with van der Waals surface area (Å²) in [6.07, 6.45) is 5.39. The highest BCUT2D eigenvalue weighted by Gasteiger charge is 2.12. The molecule has 0 atom stereocenters. The normalized spacial score (nSPS) is 16.8. The van der Waals surface area contributed by atoms with E-state index in [0.29, 0.717) is 6.54 Å². The maximum atomic E-state index is 5.67. The van der Waals surface area contributed by atoms with Crippen LogP contribution >= 0.6 is 0 Å². The van der Waals surface area contributed by atoms with E-state index in [1.54, 1.807) is 0 Å². The van der Waals surface area contributed by atoms with Crippen LogP contribution < -0.4 is 16.0 Å². The van der Waals surface area contributed by atoms with Crippen molar-refractivity contribution in [2.45, 2.75) is 19.9 Å². The Morgan fingerprint density at radius 1 is 1.32 bits per heavy atom. The second-order valence-corrected chi connectivity index (χ2v) is 5.14. The molecule has 5 heteroatoms. The fraction of sp³-hybridized carbons (Fsp3) is 0.500. The van der Waals surface area contributed by atoms with Gasteiger partial charge in [0.2, 0.25) is 0 Å². The number of aryl methyl sites for hydroxylation is 1. The molecular formula is C14H21N5. The van der Waals surface area contributed by atoms with Gasteiger partial charge in [-0.1, -0.05) is 0 Å². The summed E-state index contributed by atoms with van der Waals surface area (Å²) in [5.74, 6) is 0. The van der Waals surface area contributed by atoms with Crippen LogP contribution in [-0.2, 0) is 6.54 Å². The fourth-order valence-corrected chi connectivity index (χ4v) is 2.68. The van der Waals surface area contributed by atoms with Gasteiger partial charge in [-0.05, 0) is 31.5 Å². The highest BCUT2D eigenvalue weighted by atomic mass is 15.2. The SMILES string of the molecule is Cc1cc(N2CCCNCC2)cn2cc(CN)nc12. The Kier molecular flexibility index (Phi) is 3.40. The maximum absolute atomic E-state index is 5.67. The number of nitrogens with two attached hydrogens (primary N) is 1. The average Bonchev–Trinajstić information content (AvgIpc) is 2.65. The highest BCUT2D eigenvalue weighted by Crippen LogP contribution is 2.20. The Hall–Kier alpha value is -1.59. The average molecular weight is 259 g/mol. The van der Waals surface area contributed by atoms with Gasteiger partial charge in [0.15, 0.2) is 0 Å². The molecule has 3 N–H and O–H groups in total. The summed E-state index contributed by atoms with van der Waals surface area (Å²) < 4.78 is 2.10. The zero-order chi connectivity index (χ0) is 13.2. The third-order valence-electron chi connectivity index (χ3n) is 3.69. The number of nitrogens with one attached hydrogen (secondary N) is 1. The van der Waals surface area contributed by atoms with Crippen LogP contribution in [0.15, 0.2) is 18.5 Å². The monoisotopic (exact) mass is 259 g/mol. The molecule has 0 saturated carbocycles. The number of anilines is 1. The molecule has 19 heavy (non-hydrogen) atoms. The molecule has 3 heterocycles. The predicted octanol–water partition coefficient (Wildman–Crippen LogP) is 0.901. The quantitative estimate of drug-likeness (QED) is 0.841. The van der Waals surface area contributed by atoms with Crippen molar-refractivity contribution in [2.24, 2.45) is 5.73 Å². The van der Waals surface area contributed by atoms with E-state index in [2.05, 4.69) is 38.8 Å². The molecule has 1 aliphatic rings. The molecule has 0 amide bonds. The minimum atomic E-state index is 0.490. The number of rotatable bonds is 2. The van der Waals surface area contributed by atoms with Crippen molar-refractivity contribution in [1.29, 1.82) is 0 Å². The van der Waals surface area contributed by atoms with Crippen molar-refractivity contribution in [1.82, 2.24) is 14.7 Å². The molecule has 1 saturated heterocycles. The molecule has 2 aromatic heterocycles. The van der Waals surface area contributed by atoms with Crippen LogP contribution in [0.1, 0.15) is 17.7 Å². The summed E-state index contributed by atoms with van der Waals surface area (Å²) in [5, 5.41) is 3.43. The lowest BCUT2D eigenvalue weighted by Gasteiger charge is -2.22. The molecule has 0 bridgehead atoms. The number of pyridine rings is 1. The van der Waals surface area contributed by atoms with Crippen molar-refractivity contribution in [3.05, 3.63) is 29.7 Å². The molecule has 1 fully saturated rings. The first-order valence-corrected chi connectivity index (χ1v) is 6.92. The smallest absolute Gasteiger partial charge is 0.140 e. The summed E-state index contributed by atoms with van der Waals surface area (Å²) in [6.45, 7) is 6.93. The number of hydrogen-bond donors (Lipinski definition) is 2. The second-order valence-electron chi connectivity index (χ2n) is 5.14. The van der Waals surface area contributed by atoms with E-state index in [1.807, 2.05) is 6.20 Å². The Balaban J connectivity index is 1.99. The van der Waals surface area contributed by atoms with E-state index in [-0.39, 0.29) is 0 Å². The summed E-state index contributed by atoms with van der Waals surface area (Å²) in [4.78, 5) is 6.98. The summed E-state index contributed by atoms with van der Waals surface area (Å²) in [7, 11) is 0. The van der Waals surface area contributed by atoms with Crippen molar-refractivity contribution in [3.8, 4) is 0 Å². The van der Waals surface area contributed by atoms with Gasteiger partial charge in [0.1, 0.15) is 5.65 Å². The van der Waals surface area contributed by atoms with Crippen LogP contribution in [0.2, 0.25) is 0 Å². The minimum absolute atomic E-state index is 0.490. The summed E-state index contributed by atoms with van der Waals surface area (Å²) in [5.41, 5.74) is 10.1. The second kappa shape index (κ2) is 5.19. The van der Waals surface area contributed by atoms with Gasteiger partial charge in [-0.25, -0.2) is 4.98 Å². The van der Waals surface area contributed by atoms with Gasteiger partial charge < -0.3 is 20.4 Å². The van der Waals surface area contributed by atoms with Crippen molar-refractivity contribution >= 4 is 11.3 Å². The zero-order valence-electron chi connectivity index (χ0n) is 11.4. The molecule has 0 spiro atoms. The van der Waals surface area contributed by atoms with Crippen molar-refractivity contribution in [3.63, 3.8) is 0 Å². The molecule has 5 nitrogen and oxygen atoms in total. The third kappa shape index (κ3) is 2.43. The molecule has 102 valence electrons. The lowest BCUT2D eigenvalue weighted by atomic mass is 10.2. The van der Waals surface area contributed by atoms with Gasteiger partial charge in [-0.15, -0.1) is 0 Å². The van der Waals surface area contributed by atoms with Crippen LogP contribution in [0.4, 0.5) is 5.69 Å². The topological polar surface area (TPSA) is 58.6 Å². The highest BCUT2D eigenvalue weighted by molar-refractivity contribution is 5.58. The lowest BCUT2D eigenvalue weighted by Crippen LogP contribution is -2.28. The molecule has 0 radical (unpaired) electrons. The van der Waals surface area contributed by atoms with E-state index in [4.69, 9.17) is 5.73 Å². The summed E-state index contributed by atoms with van der Waals surface area (Å²) >= 11 is 0. The third-order valence-corrected chi connectivity index (χ3v) is 3.69. The lowest BCUT2D eigenvalue weighted by molar-refractivity contribution is 0.724. The molecule has 3 rings (SSSR count). The van der Waals surface area contributed by atoms with Gasteiger partial charge in [-0.3, -0.25) is 0 Å². The number of imidazole rings is 1. The van der Waals surface area contributed by atoms with E-state index in [9.17, 15) is 0 Å². The Bertz CT molecular complexity index is 566. The maximum Gasteiger partial charge on any atom is 0.140 e. The van der Waals surface area contributed by atoms with Gasteiger partial charge in [0.25, 0.3) is 0 Å². The van der Waals surface area contributed by atoms with Crippen LogP contribution in [0, 0.1) is 6.92 Å². The minimum Gasteiger partial charge on any atom is -0.369 e. The van der Waals surface area contributed by atoms with E-state index in [1.165, 1.54) is 17.7 Å². The first kappa shape index (κ1) is 12.4. The zero-order valence-corrected chi connectivity index (χ0v) is 11.4.